The highest BCUT2D eigenvalue weighted by Gasteiger charge is 2.07. The topological polar surface area (TPSA) is 68.5 Å². The van der Waals surface area contributed by atoms with Gasteiger partial charge in [-0.3, -0.25) is 4.79 Å². The van der Waals surface area contributed by atoms with E-state index in [2.05, 4.69) is 5.32 Å². The fourth-order valence-electron chi connectivity index (χ4n) is 1.63. The van der Waals surface area contributed by atoms with Crippen LogP contribution in [0.5, 0.6) is 0 Å². The first-order valence-electron chi connectivity index (χ1n) is 6.49. The van der Waals surface area contributed by atoms with Gasteiger partial charge in [0.25, 0.3) is 5.91 Å². The average molecular weight is 285 g/mol. The molecule has 0 saturated carbocycles. The summed E-state index contributed by atoms with van der Waals surface area (Å²) in [5.74, 6) is -0.441. The second kappa shape index (κ2) is 7.09. The van der Waals surface area contributed by atoms with Crippen LogP contribution in [0.15, 0.2) is 53.2 Å². The van der Waals surface area contributed by atoms with Crippen LogP contribution in [0.3, 0.4) is 0 Å². The lowest BCUT2D eigenvalue weighted by molar-refractivity contribution is -0.137. The number of nitrogens with one attached hydrogen (secondary N) is 1. The number of ether oxygens (including phenoxy) is 1. The Morgan fingerprint density at radius 2 is 2.00 bits per heavy atom. The minimum atomic E-state index is -0.382. The number of hydrogen-bond donors (Lipinski definition) is 1. The number of furan rings is 1. The Morgan fingerprint density at radius 1 is 1.24 bits per heavy atom. The molecule has 0 aliphatic carbocycles. The molecular weight excluding hydrogens is 270 g/mol. The van der Waals surface area contributed by atoms with Crippen LogP contribution in [0.25, 0.3) is 6.08 Å². The van der Waals surface area contributed by atoms with Gasteiger partial charge >= 0.3 is 5.97 Å². The molecule has 0 unspecified atom stereocenters. The summed E-state index contributed by atoms with van der Waals surface area (Å²) in [5, 5.41) is 2.71. The molecule has 0 atom stereocenters. The Balaban J connectivity index is 1.96. The summed E-state index contributed by atoms with van der Waals surface area (Å²) in [4.78, 5) is 23.0. The Bertz CT molecular complexity index is 627. The van der Waals surface area contributed by atoms with Crippen molar-refractivity contribution < 1.29 is 18.7 Å². The molecule has 1 aromatic heterocycles. The molecule has 1 amide bonds. The van der Waals surface area contributed by atoms with Gasteiger partial charge in [0.05, 0.1) is 12.9 Å². The fourth-order valence-corrected chi connectivity index (χ4v) is 1.63. The highest BCUT2D eigenvalue weighted by molar-refractivity contribution is 6.02. The third-order valence-corrected chi connectivity index (χ3v) is 2.61. The van der Waals surface area contributed by atoms with Gasteiger partial charge < -0.3 is 14.5 Å². The molecular formula is C16H15NO4. The van der Waals surface area contributed by atoms with E-state index in [4.69, 9.17) is 9.15 Å². The van der Waals surface area contributed by atoms with E-state index in [1.54, 1.807) is 49.4 Å². The second-order valence-electron chi connectivity index (χ2n) is 4.14. The van der Waals surface area contributed by atoms with Crippen LogP contribution >= 0.6 is 0 Å². The summed E-state index contributed by atoms with van der Waals surface area (Å²) in [5.41, 5.74) is 1.48. The van der Waals surface area contributed by atoms with Crippen LogP contribution in [-0.2, 0) is 9.53 Å². The lowest BCUT2D eigenvalue weighted by Crippen LogP contribution is -2.10. The average Bonchev–Trinajstić information content (AvgIpc) is 3.01. The Labute approximate surface area is 122 Å². The fraction of sp³-hybridized carbons (Fsp3) is 0.125. The van der Waals surface area contributed by atoms with Gasteiger partial charge in [-0.25, -0.2) is 4.79 Å². The van der Waals surface area contributed by atoms with Crippen molar-refractivity contribution in [2.45, 2.75) is 6.92 Å². The molecule has 5 nitrogen and oxygen atoms in total. The quantitative estimate of drug-likeness (QED) is 0.677. The SMILES string of the molecule is CCOC(=O)/C=C\c1ccc(NC(=O)c2ccco2)cc1. The van der Waals surface area contributed by atoms with Crippen molar-refractivity contribution in [1.29, 1.82) is 0 Å². The predicted molar refractivity (Wildman–Crippen MR) is 78.8 cm³/mol. The van der Waals surface area contributed by atoms with Gasteiger partial charge in [-0.2, -0.15) is 0 Å². The van der Waals surface area contributed by atoms with Crippen molar-refractivity contribution in [3.8, 4) is 0 Å². The minimum Gasteiger partial charge on any atom is -0.463 e. The molecule has 0 aliphatic heterocycles. The molecule has 108 valence electrons. The number of anilines is 1. The number of rotatable bonds is 5. The molecule has 0 bridgehead atoms. The maximum atomic E-state index is 11.8. The Hall–Kier alpha value is -2.82. The number of carbonyl (C=O) groups is 2. The second-order valence-corrected chi connectivity index (χ2v) is 4.14. The molecule has 1 N–H and O–H groups in total. The van der Waals surface area contributed by atoms with Gasteiger partial charge in [-0.1, -0.05) is 12.1 Å². The number of esters is 1. The van der Waals surface area contributed by atoms with Gasteiger partial charge in [0.15, 0.2) is 5.76 Å². The van der Waals surface area contributed by atoms with Crippen LogP contribution < -0.4 is 5.32 Å². The van der Waals surface area contributed by atoms with E-state index in [-0.39, 0.29) is 17.6 Å². The standard InChI is InChI=1S/C16H15NO4/c1-2-20-15(18)10-7-12-5-8-13(9-6-12)17-16(19)14-4-3-11-21-14/h3-11H,2H2,1H3,(H,17,19)/b10-7-. The van der Waals surface area contributed by atoms with Gasteiger partial charge in [-0.05, 0) is 42.8 Å². The third-order valence-electron chi connectivity index (χ3n) is 2.61. The normalized spacial score (nSPS) is 10.5. The maximum Gasteiger partial charge on any atom is 0.330 e. The van der Waals surface area contributed by atoms with Gasteiger partial charge in [0.2, 0.25) is 0 Å². The molecule has 5 heteroatoms. The molecule has 1 heterocycles. The zero-order chi connectivity index (χ0) is 15.1. The summed E-state index contributed by atoms with van der Waals surface area (Å²) >= 11 is 0. The van der Waals surface area contributed by atoms with Crippen LogP contribution in [0.4, 0.5) is 5.69 Å². The number of hydrogen-bond acceptors (Lipinski definition) is 4. The predicted octanol–water partition coefficient (Wildman–Crippen LogP) is 3.11. The summed E-state index contributed by atoms with van der Waals surface area (Å²) in [6.07, 6.45) is 4.45. The Kier molecular flexibility index (Phi) is 4.93. The zero-order valence-electron chi connectivity index (χ0n) is 11.5. The molecule has 21 heavy (non-hydrogen) atoms. The van der Waals surface area contributed by atoms with Crippen molar-refractivity contribution in [2.75, 3.05) is 11.9 Å². The van der Waals surface area contributed by atoms with Gasteiger partial charge in [-0.15, -0.1) is 0 Å². The summed E-state index contributed by atoms with van der Waals surface area (Å²) < 4.78 is 9.79. The molecule has 0 fully saturated rings. The third kappa shape index (κ3) is 4.35. The van der Waals surface area contributed by atoms with E-state index in [0.29, 0.717) is 12.3 Å². The van der Waals surface area contributed by atoms with Crippen molar-refractivity contribution in [1.82, 2.24) is 0 Å². The van der Waals surface area contributed by atoms with E-state index in [0.717, 1.165) is 5.56 Å². The van der Waals surface area contributed by atoms with Crippen LogP contribution in [0, 0.1) is 0 Å². The van der Waals surface area contributed by atoms with Crippen LogP contribution in [-0.4, -0.2) is 18.5 Å². The van der Waals surface area contributed by atoms with Gasteiger partial charge in [0, 0.05) is 11.8 Å². The molecule has 1 aromatic carbocycles. The monoisotopic (exact) mass is 285 g/mol. The van der Waals surface area contributed by atoms with Crippen LogP contribution in [0.1, 0.15) is 23.0 Å². The smallest absolute Gasteiger partial charge is 0.330 e. The van der Waals surface area contributed by atoms with Crippen molar-refractivity contribution in [3.63, 3.8) is 0 Å². The highest BCUT2D eigenvalue weighted by atomic mass is 16.5. The van der Waals surface area contributed by atoms with Gasteiger partial charge in [0.1, 0.15) is 0 Å². The first-order chi connectivity index (χ1) is 10.2. The molecule has 0 aliphatic rings. The lowest BCUT2D eigenvalue weighted by Gasteiger charge is -2.03. The van der Waals surface area contributed by atoms with E-state index in [1.807, 2.05) is 0 Å². The van der Waals surface area contributed by atoms with Crippen molar-refractivity contribution in [2.24, 2.45) is 0 Å². The van der Waals surface area contributed by atoms with E-state index < -0.39 is 0 Å². The molecule has 2 rings (SSSR count). The lowest BCUT2D eigenvalue weighted by atomic mass is 10.2. The van der Waals surface area contributed by atoms with E-state index in [9.17, 15) is 9.59 Å². The van der Waals surface area contributed by atoms with Crippen molar-refractivity contribution >= 4 is 23.6 Å². The summed E-state index contributed by atoms with van der Waals surface area (Å²) in [7, 11) is 0. The van der Waals surface area contributed by atoms with E-state index in [1.165, 1.54) is 12.3 Å². The zero-order valence-corrected chi connectivity index (χ0v) is 11.5. The first kappa shape index (κ1) is 14.6. The maximum absolute atomic E-state index is 11.8. The van der Waals surface area contributed by atoms with E-state index >= 15 is 0 Å². The summed E-state index contributed by atoms with van der Waals surface area (Å²) in [6, 6.07) is 10.3. The molecule has 2 aromatic rings. The number of amides is 1. The molecule has 0 spiro atoms. The van der Waals surface area contributed by atoms with Crippen molar-refractivity contribution in [3.05, 3.63) is 60.1 Å². The molecule has 0 saturated heterocycles. The minimum absolute atomic E-state index is 0.251. The number of benzene rings is 1. The first-order valence-corrected chi connectivity index (χ1v) is 6.49. The highest BCUT2D eigenvalue weighted by Crippen LogP contribution is 2.12. The number of carbonyl (C=O) groups excluding carboxylic acids is 2. The molecule has 0 radical (unpaired) electrons. The largest absolute Gasteiger partial charge is 0.463 e. The van der Waals surface area contributed by atoms with Crippen LogP contribution in [0.2, 0.25) is 0 Å². The Morgan fingerprint density at radius 3 is 2.62 bits per heavy atom. The summed E-state index contributed by atoms with van der Waals surface area (Å²) in [6.45, 7) is 2.10.